The molecule has 1 fully saturated rings. The van der Waals surface area contributed by atoms with Crippen LogP contribution in [0.3, 0.4) is 0 Å². The van der Waals surface area contributed by atoms with Crippen molar-refractivity contribution in [2.24, 2.45) is 0 Å². The lowest BCUT2D eigenvalue weighted by molar-refractivity contribution is -0.136. The van der Waals surface area contributed by atoms with Crippen LogP contribution in [0, 0.1) is 0 Å². The molecular weight excluding hydrogens is 340 g/mol. The van der Waals surface area contributed by atoms with Crippen LogP contribution in [0.1, 0.15) is 18.4 Å². The minimum Gasteiger partial charge on any atom is -0.384 e. The van der Waals surface area contributed by atoms with Crippen LogP contribution in [-0.4, -0.2) is 34.3 Å². The van der Waals surface area contributed by atoms with E-state index in [1.807, 2.05) is 30.3 Å². The third kappa shape index (κ3) is 4.70. The van der Waals surface area contributed by atoms with E-state index in [-0.39, 0.29) is 24.2 Å². The van der Waals surface area contributed by atoms with E-state index in [4.69, 9.17) is 5.73 Å². The van der Waals surface area contributed by atoms with Gasteiger partial charge in [-0.25, -0.2) is 4.98 Å². The molecule has 3 N–H and O–H groups in total. The number of carbonyl (C=O) groups is 2. The highest BCUT2D eigenvalue weighted by Gasteiger charge is 2.33. The number of benzene rings is 1. The number of hydrogen-bond acceptors (Lipinski definition) is 4. The molecule has 1 aliphatic rings. The summed E-state index contributed by atoms with van der Waals surface area (Å²) in [6.07, 6.45) is 3.33. The number of likely N-dealkylation sites (tertiary alicyclic amines) is 1. The molecule has 1 saturated heterocycles. The number of halogens is 1. The molecule has 2 heterocycles. The summed E-state index contributed by atoms with van der Waals surface area (Å²) in [5, 5.41) is 2.81. The zero-order chi connectivity index (χ0) is 16.9. The molecule has 25 heavy (non-hydrogen) atoms. The van der Waals surface area contributed by atoms with Crippen LogP contribution < -0.4 is 11.1 Å². The summed E-state index contributed by atoms with van der Waals surface area (Å²) in [4.78, 5) is 30.7. The van der Waals surface area contributed by atoms with Gasteiger partial charge in [-0.2, -0.15) is 0 Å². The number of aromatic nitrogens is 1. The second-order valence-electron chi connectivity index (χ2n) is 5.87. The molecule has 1 atom stereocenters. The Morgan fingerprint density at radius 3 is 2.64 bits per heavy atom. The van der Waals surface area contributed by atoms with Gasteiger partial charge in [0.25, 0.3) is 0 Å². The minimum atomic E-state index is -0.432. The number of anilines is 2. The summed E-state index contributed by atoms with van der Waals surface area (Å²) in [6, 6.07) is 12.5. The summed E-state index contributed by atoms with van der Waals surface area (Å²) in [7, 11) is 0. The number of nitrogens with two attached hydrogens (primary N) is 1. The fraction of sp³-hybridized carbons (Fsp3) is 0.278. The van der Waals surface area contributed by atoms with Crippen LogP contribution in [-0.2, 0) is 16.0 Å². The molecule has 1 aromatic heterocycles. The van der Waals surface area contributed by atoms with Crippen molar-refractivity contribution in [3.05, 3.63) is 54.2 Å². The van der Waals surface area contributed by atoms with Crippen LogP contribution in [0.5, 0.6) is 0 Å². The van der Waals surface area contributed by atoms with Gasteiger partial charge in [-0.3, -0.25) is 9.59 Å². The summed E-state index contributed by atoms with van der Waals surface area (Å²) < 4.78 is 0. The molecule has 0 radical (unpaired) electrons. The van der Waals surface area contributed by atoms with Crippen LogP contribution >= 0.6 is 12.4 Å². The molecule has 0 saturated carbocycles. The van der Waals surface area contributed by atoms with E-state index in [2.05, 4.69) is 10.3 Å². The molecule has 1 aromatic carbocycles. The van der Waals surface area contributed by atoms with E-state index in [9.17, 15) is 9.59 Å². The van der Waals surface area contributed by atoms with Gasteiger partial charge in [0.2, 0.25) is 11.8 Å². The predicted molar refractivity (Wildman–Crippen MR) is 99.4 cm³/mol. The number of amides is 2. The maximum atomic E-state index is 12.5. The van der Waals surface area contributed by atoms with Gasteiger partial charge in [-0.1, -0.05) is 30.3 Å². The highest BCUT2D eigenvalue weighted by atomic mass is 35.5. The van der Waals surface area contributed by atoms with Crippen LogP contribution in [0.4, 0.5) is 11.5 Å². The van der Waals surface area contributed by atoms with E-state index < -0.39 is 6.04 Å². The number of pyridine rings is 1. The molecule has 2 amide bonds. The number of hydrogen-bond donors (Lipinski definition) is 2. The summed E-state index contributed by atoms with van der Waals surface area (Å²) in [6.45, 7) is 0.615. The fourth-order valence-electron chi connectivity index (χ4n) is 2.91. The number of nitrogen functional groups attached to an aromatic ring is 1. The van der Waals surface area contributed by atoms with Crippen molar-refractivity contribution >= 4 is 35.7 Å². The topological polar surface area (TPSA) is 88.3 Å². The molecule has 1 unspecified atom stereocenters. The number of carbonyl (C=O) groups excluding carboxylic acids is 2. The third-order valence-electron chi connectivity index (χ3n) is 4.13. The third-order valence-corrected chi connectivity index (χ3v) is 4.13. The molecule has 0 spiro atoms. The minimum absolute atomic E-state index is 0. The van der Waals surface area contributed by atoms with E-state index in [1.54, 1.807) is 17.0 Å². The highest BCUT2D eigenvalue weighted by molar-refractivity contribution is 5.97. The monoisotopic (exact) mass is 360 g/mol. The lowest BCUT2D eigenvalue weighted by atomic mass is 10.1. The summed E-state index contributed by atoms with van der Waals surface area (Å²) in [5.74, 6) is 0.197. The Morgan fingerprint density at radius 2 is 1.96 bits per heavy atom. The molecular formula is C18H21ClN4O2. The molecule has 132 valence electrons. The average Bonchev–Trinajstić information content (AvgIpc) is 3.08. The van der Waals surface area contributed by atoms with E-state index in [1.165, 1.54) is 6.20 Å². The zero-order valence-electron chi connectivity index (χ0n) is 13.7. The number of nitrogens with one attached hydrogen (secondary N) is 1. The first-order chi connectivity index (χ1) is 11.6. The number of rotatable bonds is 4. The van der Waals surface area contributed by atoms with Crippen LogP contribution in [0.15, 0.2) is 48.7 Å². The maximum absolute atomic E-state index is 12.5. The first kappa shape index (κ1) is 18.7. The van der Waals surface area contributed by atoms with E-state index in [0.29, 0.717) is 30.9 Å². The van der Waals surface area contributed by atoms with Gasteiger partial charge in [-0.05, 0) is 30.5 Å². The van der Waals surface area contributed by atoms with Crippen molar-refractivity contribution < 1.29 is 9.59 Å². The van der Waals surface area contributed by atoms with Crippen molar-refractivity contribution in [1.29, 1.82) is 0 Å². The largest absolute Gasteiger partial charge is 0.384 e. The second kappa shape index (κ2) is 8.48. The maximum Gasteiger partial charge on any atom is 0.247 e. The fourth-order valence-corrected chi connectivity index (χ4v) is 2.91. The van der Waals surface area contributed by atoms with Crippen molar-refractivity contribution in [1.82, 2.24) is 9.88 Å². The molecule has 6 nitrogen and oxygen atoms in total. The standard InChI is InChI=1S/C18H20N4O2.ClH/c19-16-9-8-14(12-20-16)21-18(24)15-7-4-10-22(15)17(23)11-13-5-2-1-3-6-13;/h1-3,5-6,8-9,12,15H,4,7,10-11H2,(H2,19,20)(H,21,24);1H. The smallest absolute Gasteiger partial charge is 0.247 e. The van der Waals surface area contributed by atoms with Gasteiger partial charge in [-0.15, -0.1) is 12.4 Å². The number of nitrogens with zero attached hydrogens (tertiary/aromatic N) is 2. The van der Waals surface area contributed by atoms with Crippen LogP contribution in [0.25, 0.3) is 0 Å². The highest BCUT2D eigenvalue weighted by Crippen LogP contribution is 2.20. The predicted octanol–water partition coefficient (Wildman–Crippen LogP) is 2.26. The van der Waals surface area contributed by atoms with Crippen molar-refractivity contribution in [2.75, 3.05) is 17.6 Å². The van der Waals surface area contributed by atoms with Gasteiger partial charge >= 0.3 is 0 Å². The molecule has 1 aliphatic heterocycles. The van der Waals surface area contributed by atoms with Crippen molar-refractivity contribution in [3.63, 3.8) is 0 Å². The molecule has 0 bridgehead atoms. The van der Waals surface area contributed by atoms with Gasteiger partial charge < -0.3 is 16.0 Å². The molecule has 3 rings (SSSR count). The Labute approximate surface area is 152 Å². The lowest BCUT2D eigenvalue weighted by Gasteiger charge is -2.24. The molecule has 7 heteroatoms. The first-order valence-electron chi connectivity index (χ1n) is 7.99. The summed E-state index contributed by atoms with van der Waals surface area (Å²) >= 11 is 0. The van der Waals surface area contributed by atoms with E-state index in [0.717, 1.165) is 12.0 Å². The molecule has 2 aromatic rings. The Kier molecular flexibility index (Phi) is 6.36. The average molecular weight is 361 g/mol. The quantitative estimate of drug-likeness (QED) is 0.875. The van der Waals surface area contributed by atoms with Crippen LogP contribution in [0.2, 0.25) is 0 Å². The van der Waals surface area contributed by atoms with Gasteiger partial charge in [0.15, 0.2) is 0 Å². The SMILES string of the molecule is Cl.Nc1ccc(NC(=O)C2CCCN2C(=O)Cc2ccccc2)cn1. The normalized spacial score (nSPS) is 16.2. The van der Waals surface area contributed by atoms with Gasteiger partial charge in [0.05, 0.1) is 18.3 Å². The Bertz CT molecular complexity index is 722. The van der Waals surface area contributed by atoms with Gasteiger partial charge in [0.1, 0.15) is 11.9 Å². The Hall–Kier alpha value is -2.60. The Balaban J connectivity index is 0.00000225. The lowest BCUT2D eigenvalue weighted by Crippen LogP contribution is -2.43. The summed E-state index contributed by atoms with van der Waals surface area (Å²) in [5.41, 5.74) is 7.07. The van der Waals surface area contributed by atoms with Gasteiger partial charge in [0, 0.05) is 6.54 Å². The first-order valence-corrected chi connectivity index (χ1v) is 7.99. The van der Waals surface area contributed by atoms with E-state index >= 15 is 0 Å². The molecule has 0 aliphatic carbocycles. The second-order valence-corrected chi connectivity index (χ2v) is 5.87. The van der Waals surface area contributed by atoms with Crippen molar-refractivity contribution in [3.8, 4) is 0 Å². The van der Waals surface area contributed by atoms with Crippen molar-refractivity contribution in [2.45, 2.75) is 25.3 Å². The Morgan fingerprint density at radius 1 is 1.20 bits per heavy atom. The zero-order valence-corrected chi connectivity index (χ0v) is 14.5.